The predicted molar refractivity (Wildman–Crippen MR) is 218 cm³/mol. The first-order valence-electron chi connectivity index (χ1n) is 22.3. The van der Waals surface area contributed by atoms with Crippen molar-refractivity contribution >= 4 is 5.97 Å². The molecule has 1 aromatic rings. The van der Waals surface area contributed by atoms with Gasteiger partial charge in [-0.2, -0.15) is 0 Å². The lowest BCUT2D eigenvalue weighted by molar-refractivity contribution is -0.0411. The zero-order chi connectivity index (χ0) is 37.6. The highest BCUT2D eigenvalue weighted by Gasteiger charge is 2.18. The molecule has 52 heavy (non-hydrogen) atoms. The Morgan fingerprint density at radius 1 is 0.481 bits per heavy atom. The standard InChI is InChI=1S/C44H82N2O6/c1-3-5-7-9-11-13-15-17-19-21-23-25-27-29-31-33-35-50-38-40(52-43(48)41-37-42(47)46-44(49)45-41)39-51-36-34-32-30-28-26-24-22-20-18-16-14-12-10-8-6-4-2/h37,40H,3-36,38-39H2,1-2H3,(H2,45,46,47,49). The molecule has 0 bridgehead atoms. The fourth-order valence-electron chi connectivity index (χ4n) is 6.84. The Labute approximate surface area is 318 Å². The molecule has 0 amide bonds. The van der Waals surface area contributed by atoms with Gasteiger partial charge in [0, 0.05) is 19.3 Å². The molecule has 0 fully saturated rings. The van der Waals surface area contributed by atoms with Gasteiger partial charge in [-0.15, -0.1) is 0 Å². The van der Waals surface area contributed by atoms with Crippen LogP contribution in [0.4, 0.5) is 0 Å². The summed E-state index contributed by atoms with van der Waals surface area (Å²) in [5.41, 5.74) is -1.56. The van der Waals surface area contributed by atoms with Gasteiger partial charge < -0.3 is 19.2 Å². The number of aromatic amines is 2. The largest absolute Gasteiger partial charge is 0.453 e. The molecule has 8 heteroatoms. The highest BCUT2D eigenvalue weighted by molar-refractivity contribution is 5.87. The van der Waals surface area contributed by atoms with Gasteiger partial charge in [0.15, 0.2) is 0 Å². The number of esters is 1. The van der Waals surface area contributed by atoms with E-state index in [1.807, 2.05) is 0 Å². The van der Waals surface area contributed by atoms with Crippen LogP contribution in [0.25, 0.3) is 0 Å². The zero-order valence-electron chi connectivity index (χ0n) is 34.1. The van der Waals surface area contributed by atoms with Crippen molar-refractivity contribution in [3.05, 3.63) is 32.6 Å². The van der Waals surface area contributed by atoms with Crippen molar-refractivity contribution in [2.45, 2.75) is 225 Å². The maximum absolute atomic E-state index is 12.7. The first kappa shape index (κ1) is 48.1. The summed E-state index contributed by atoms with van der Waals surface area (Å²) in [6, 6.07) is 1.04. The fourth-order valence-corrected chi connectivity index (χ4v) is 6.84. The molecule has 0 atom stereocenters. The van der Waals surface area contributed by atoms with Crippen molar-refractivity contribution < 1.29 is 19.0 Å². The predicted octanol–water partition coefficient (Wildman–Crippen LogP) is 12.1. The van der Waals surface area contributed by atoms with Crippen molar-refractivity contribution in [1.82, 2.24) is 9.97 Å². The topological polar surface area (TPSA) is 110 Å². The zero-order valence-corrected chi connectivity index (χ0v) is 34.1. The molecular weight excluding hydrogens is 652 g/mol. The van der Waals surface area contributed by atoms with Crippen LogP contribution < -0.4 is 11.2 Å². The average Bonchev–Trinajstić information content (AvgIpc) is 3.13. The van der Waals surface area contributed by atoms with E-state index in [2.05, 4.69) is 23.8 Å². The molecule has 0 aliphatic carbocycles. The molecule has 0 aliphatic rings. The van der Waals surface area contributed by atoms with Crippen LogP contribution in [0.3, 0.4) is 0 Å². The molecular formula is C44H82N2O6. The molecule has 0 aliphatic heterocycles. The van der Waals surface area contributed by atoms with E-state index in [-0.39, 0.29) is 18.9 Å². The van der Waals surface area contributed by atoms with Crippen molar-refractivity contribution in [2.24, 2.45) is 0 Å². The van der Waals surface area contributed by atoms with E-state index in [1.54, 1.807) is 0 Å². The third-order valence-electron chi connectivity index (χ3n) is 10.1. The summed E-state index contributed by atoms with van der Waals surface area (Å²) in [6.45, 7) is 6.20. The van der Waals surface area contributed by atoms with Crippen LogP contribution in [-0.2, 0) is 14.2 Å². The minimum atomic E-state index is -0.759. The van der Waals surface area contributed by atoms with E-state index in [1.165, 1.54) is 180 Å². The average molecular weight is 735 g/mol. The molecule has 0 spiro atoms. The van der Waals surface area contributed by atoms with Crippen LogP contribution in [0.15, 0.2) is 15.7 Å². The molecule has 0 radical (unpaired) electrons. The summed E-state index contributed by atoms with van der Waals surface area (Å²) < 4.78 is 17.4. The molecule has 0 saturated heterocycles. The maximum atomic E-state index is 12.7. The number of carbonyl (C=O) groups is 1. The number of carbonyl (C=O) groups excluding carboxylic acids is 1. The van der Waals surface area contributed by atoms with E-state index in [0.717, 1.165) is 31.7 Å². The van der Waals surface area contributed by atoms with Gasteiger partial charge in [0.25, 0.3) is 5.56 Å². The number of hydrogen-bond acceptors (Lipinski definition) is 6. The van der Waals surface area contributed by atoms with E-state index >= 15 is 0 Å². The minimum absolute atomic E-state index is 0.172. The van der Waals surface area contributed by atoms with Crippen LogP contribution >= 0.6 is 0 Å². The molecule has 1 rings (SSSR count). The first-order valence-corrected chi connectivity index (χ1v) is 22.3. The quantitative estimate of drug-likeness (QED) is 0.0513. The number of aromatic nitrogens is 2. The van der Waals surface area contributed by atoms with E-state index in [9.17, 15) is 14.4 Å². The van der Waals surface area contributed by atoms with Crippen LogP contribution in [0.2, 0.25) is 0 Å². The van der Waals surface area contributed by atoms with Gasteiger partial charge in [-0.25, -0.2) is 9.59 Å². The number of hydrogen-bond donors (Lipinski definition) is 2. The summed E-state index contributed by atoms with van der Waals surface area (Å²) in [5, 5.41) is 0. The van der Waals surface area contributed by atoms with Gasteiger partial charge in [0.1, 0.15) is 11.8 Å². The van der Waals surface area contributed by atoms with Crippen LogP contribution in [-0.4, -0.2) is 48.5 Å². The highest BCUT2D eigenvalue weighted by atomic mass is 16.6. The minimum Gasteiger partial charge on any atom is -0.453 e. The van der Waals surface area contributed by atoms with Crippen LogP contribution in [0.5, 0.6) is 0 Å². The number of ether oxygens (including phenoxy) is 3. The molecule has 0 saturated carbocycles. The second-order valence-electron chi connectivity index (χ2n) is 15.3. The number of H-pyrrole nitrogens is 2. The summed E-state index contributed by atoms with van der Waals surface area (Å²) in [4.78, 5) is 40.4. The van der Waals surface area contributed by atoms with Crippen molar-refractivity contribution in [1.29, 1.82) is 0 Å². The second kappa shape index (κ2) is 37.4. The highest BCUT2D eigenvalue weighted by Crippen LogP contribution is 2.15. The van der Waals surface area contributed by atoms with Gasteiger partial charge >= 0.3 is 11.7 Å². The third-order valence-corrected chi connectivity index (χ3v) is 10.1. The second-order valence-corrected chi connectivity index (χ2v) is 15.3. The third kappa shape index (κ3) is 31.6. The molecule has 8 nitrogen and oxygen atoms in total. The fraction of sp³-hybridized carbons (Fsp3) is 0.886. The van der Waals surface area contributed by atoms with E-state index < -0.39 is 23.3 Å². The molecule has 1 heterocycles. The van der Waals surface area contributed by atoms with Gasteiger partial charge in [-0.3, -0.25) is 9.78 Å². The number of rotatable bonds is 40. The number of unbranched alkanes of at least 4 members (excludes halogenated alkanes) is 30. The van der Waals surface area contributed by atoms with Crippen molar-refractivity contribution in [3.8, 4) is 0 Å². The summed E-state index contributed by atoms with van der Waals surface area (Å²) in [7, 11) is 0. The first-order chi connectivity index (χ1) is 25.6. The lowest BCUT2D eigenvalue weighted by atomic mass is 10.0. The summed E-state index contributed by atoms with van der Waals surface area (Å²) in [5.74, 6) is -0.759. The van der Waals surface area contributed by atoms with Crippen LogP contribution in [0.1, 0.15) is 230 Å². The molecule has 0 unspecified atom stereocenters. The lowest BCUT2D eigenvalue weighted by Gasteiger charge is -2.18. The molecule has 304 valence electrons. The van der Waals surface area contributed by atoms with Gasteiger partial charge in [-0.1, -0.05) is 206 Å². The van der Waals surface area contributed by atoms with Crippen LogP contribution in [0, 0.1) is 0 Å². The Hall–Kier alpha value is -1.93. The lowest BCUT2D eigenvalue weighted by Crippen LogP contribution is -2.31. The molecule has 2 N–H and O–H groups in total. The van der Waals surface area contributed by atoms with Crippen molar-refractivity contribution in [2.75, 3.05) is 26.4 Å². The molecule has 0 aromatic carbocycles. The molecule has 1 aromatic heterocycles. The monoisotopic (exact) mass is 735 g/mol. The smallest absolute Gasteiger partial charge is 0.355 e. The number of nitrogens with one attached hydrogen (secondary N) is 2. The Morgan fingerprint density at radius 2 is 0.788 bits per heavy atom. The Morgan fingerprint density at radius 3 is 1.10 bits per heavy atom. The van der Waals surface area contributed by atoms with E-state index in [0.29, 0.717) is 13.2 Å². The summed E-state index contributed by atoms with van der Waals surface area (Å²) >= 11 is 0. The van der Waals surface area contributed by atoms with Gasteiger partial charge in [-0.05, 0) is 12.8 Å². The van der Waals surface area contributed by atoms with E-state index in [4.69, 9.17) is 14.2 Å². The van der Waals surface area contributed by atoms with Gasteiger partial charge in [0.2, 0.25) is 0 Å². The Balaban J connectivity index is 2.13. The Bertz CT molecular complexity index is 956. The van der Waals surface area contributed by atoms with Gasteiger partial charge in [0.05, 0.1) is 13.2 Å². The summed E-state index contributed by atoms with van der Waals surface area (Å²) in [6.07, 6.45) is 41.8. The Kier molecular flexibility index (Phi) is 34.6. The SMILES string of the molecule is CCCCCCCCCCCCCCCCCCOCC(COCCCCCCCCCCCCCCCCCC)OC(=O)c1cc(=O)[nH]c(=O)[nH]1. The van der Waals surface area contributed by atoms with Crippen molar-refractivity contribution in [3.63, 3.8) is 0 Å². The normalized spacial score (nSPS) is 11.5. The maximum Gasteiger partial charge on any atom is 0.355 e.